The van der Waals surface area contributed by atoms with Crippen molar-refractivity contribution in [2.45, 2.75) is 13.8 Å². The van der Waals surface area contributed by atoms with Crippen LogP contribution in [0.4, 0.5) is 5.69 Å². The first-order chi connectivity index (χ1) is 14.5. The van der Waals surface area contributed by atoms with E-state index in [0.717, 1.165) is 29.8 Å². The lowest BCUT2D eigenvalue weighted by molar-refractivity contribution is 0.0977. The minimum Gasteiger partial charge on any atom is -0.306 e. The van der Waals surface area contributed by atoms with Crippen LogP contribution in [0.1, 0.15) is 24.3 Å². The maximum atomic E-state index is 13.5. The number of benzene rings is 2. The van der Waals surface area contributed by atoms with Gasteiger partial charge >= 0.3 is 0 Å². The van der Waals surface area contributed by atoms with Crippen molar-refractivity contribution in [1.82, 2.24) is 14.7 Å². The second-order valence-corrected chi connectivity index (χ2v) is 7.68. The van der Waals surface area contributed by atoms with Crippen molar-refractivity contribution in [3.8, 4) is 5.69 Å². The lowest BCUT2D eigenvalue weighted by Gasteiger charge is -2.26. The number of halogens is 1. The third-order valence-corrected chi connectivity index (χ3v) is 5.41. The van der Waals surface area contributed by atoms with Gasteiger partial charge in [-0.3, -0.25) is 9.59 Å². The maximum absolute atomic E-state index is 13.5. The molecule has 1 aromatic heterocycles. The average molecular weight is 469 g/mol. The number of anilines is 1. The molecule has 0 aliphatic rings. The molecule has 3 aromatic rings. The van der Waals surface area contributed by atoms with Gasteiger partial charge in [-0.1, -0.05) is 54.0 Å². The van der Waals surface area contributed by atoms with Gasteiger partial charge in [0, 0.05) is 29.3 Å². The van der Waals surface area contributed by atoms with Crippen molar-refractivity contribution >= 4 is 27.5 Å². The Morgan fingerprint density at radius 2 is 1.70 bits per heavy atom. The summed E-state index contributed by atoms with van der Waals surface area (Å²) in [5, 5.41) is 4.37. The molecule has 0 N–H and O–H groups in total. The zero-order chi connectivity index (χ0) is 21.5. The van der Waals surface area contributed by atoms with Gasteiger partial charge in [-0.05, 0) is 49.5 Å². The van der Waals surface area contributed by atoms with Crippen molar-refractivity contribution in [3.63, 3.8) is 0 Å². The highest BCUT2D eigenvalue weighted by molar-refractivity contribution is 9.10. The fourth-order valence-corrected chi connectivity index (χ4v) is 3.58. The number of aromatic nitrogens is 2. The summed E-state index contributed by atoms with van der Waals surface area (Å²) in [5.74, 6) is -0.245. The molecule has 6 nitrogen and oxygen atoms in total. The lowest BCUT2D eigenvalue weighted by Crippen LogP contribution is -2.40. The molecule has 0 spiro atoms. The van der Waals surface area contributed by atoms with Crippen LogP contribution in [0, 0.1) is 0 Å². The Hall–Kier alpha value is -2.77. The van der Waals surface area contributed by atoms with Crippen LogP contribution in [-0.4, -0.2) is 46.8 Å². The van der Waals surface area contributed by atoms with E-state index in [9.17, 15) is 9.59 Å². The zero-order valence-electron chi connectivity index (χ0n) is 17.2. The van der Waals surface area contributed by atoms with Crippen LogP contribution in [0.15, 0.2) is 76.0 Å². The van der Waals surface area contributed by atoms with Crippen molar-refractivity contribution < 1.29 is 4.79 Å². The predicted molar refractivity (Wildman–Crippen MR) is 123 cm³/mol. The highest BCUT2D eigenvalue weighted by Crippen LogP contribution is 2.21. The molecule has 1 heterocycles. The van der Waals surface area contributed by atoms with Crippen molar-refractivity contribution in [2.24, 2.45) is 0 Å². The minimum absolute atomic E-state index is 0.220. The third kappa shape index (κ3) is 5.23. The first kappa shape index (κ1) is 21.9. The Kier molecular flexibility index (Phi) is 7.54. The Bertz CT molecular complexity index is 1050. The summed E-state index contributed by atoms with van der Waals surface area (Å²) >= 11 is 3.49. The molecule has 2 aromatic carbocycles. The molecule has 0 aliphatic heterocycles. The topological polar surface area (TPSA) is 58.4 Å². The monoisotopic (exact) mass is 468 g/mol. The molecule has 0 fully saturated rings. The molecule has 0 aliphatic carbocycles. The van der Waals surface area contributed by atoms with Gasteiger partial charge in [-0.15, -0.1) is 0 Å². The lowest BCUT2D eigenvalue weighted by atomic mass is 10.2. The minimum atomic E-state index is -0.283. The Balaban J connectivity index is 1.97. The summed E-state index contributed by atoms with van der Waals surface area (Å²) in [6.45, 7) is 7.28. The van der Waals surface area contributed by atoms with Crippen LogP contribution < -0.4 is 10.5 Å². The van der Waals surface area contributed by atoms with Gasteiger partial charge in [0.15, 0.2) is 0 Å². The third-order valence-electron chi connectivity index (χ3n) is 4.92. The van der Waals surface area contributed by atoms with Crippen LogP contribution in [-0.2, 0) is 0 Å². The molecular weight excluding hydrogens is 444 g/mol. The fraction of sp³-hybridized carbons (Fsp3) is 0.261. The highest BCUT2D eigenvalue weighted by Gasteiger charge is 2.21. The molecular formula is C23H25BrN4O2. The normalized spacial score (nSPS) is 10.9. The number of carbonyl (C=O) groups is 1. The van der Waals surface area contributed by atoms with E-state index in [-0.39, 0.29) is 17.2 Å². The number of hydrogen-bond donors (Lipinski definition) is 0. The highest BCUT2D eigenvalue weighted by atomic mass is 79.9. The van der Waals surface area contributed by atoms with E-state index in [1.54, 1.807) is 17.0 Å². The van der Waals surface area contributed by atoms with Crippen LogP contribution in [0.3, 0.4) is 0 Å². The number of para-hydroxylation sites is 1. The maximum Gasteiger partial charge on any atom is 0.278 e. The molecule has 0 radical (unpaired) electrons. The smallest absolute Gasteiger partial charge is 0.278 e. The molecule has 0 atom stereocenters. The van der Waals surface area contributed by atoms with Gasteiger partial charge in [0.25, 0.3) is 11.5 Å². The van der Waals surface area contributed by atoms with E-state index in [0.29, 0.717) is 12.2 Å². The van der Waals surface area contributed by atoms with Gasteiger partial charge in [0.1, 0.15) is 5.69 Å². The summed E-state index contributed by atoms with van der Waals surface area (Å²) in [5.41, 5.74) is 1.34. The van der Waals surface area contributed by atoms with Crippen LogP contribution in [0.2, 0.25) is 0 Å². The van der Waals surface area contributed by atoms with Gasteiger partial charge in [-0.2, -0.15) is 9.78 Å². The van der Waals surface area contributed by atoms with Crippen molar-refractivity contribution in [3.05, 3.63) is 87.3 Å². The zero-order valence-corrected chi connectivity index (χ0v) is 18.7. The first-order valence-electron chi connectivity index (χ1n) is 9.99. The molecule has 0 saturated carbocycles. The molecule has 0 unspecified atom stereocenters. The number of nitrogens with zero attached hydrogens (tertiary/aromatic N) is 4. The Labute approximate surface area is 184 Å². The van der Waals surface area contributed by atoms with Crippen molar-refractivity contribution in [1.29, 1.82) is 0 Å². The first-order valence-corrected chi connectivity index (χ1v) is 10.8. The molecule has 0 saturated heterocycles. The Morgan fingerprint density at radius 1 is 0.967 bits per heavy atom. The SMILES string of the molecule is CCN(CC)CCN(C(=O)c1ccc(=O)n(-c2ccccc2)n1)c1cccc(Br)c1. The number of rotatable bonds is 8. The number of carbonyl (C=O) groups excluding carboxylic acids is 1. The summed E-state index contributed by atoms with van der Waals surface area (Å²) in [6.07, 6.45) is 0. The summed E-state index contributed by atoms with van der Waals surface area (Å²) < 4.78 is 2.15. The number of amides is 1. The summed E-state index contributed by atoms with van der Waals surface area (Å²) in [6, 6.07) is 19.6. The second-order valence-electron chi connectivity index (χ2n) is 6.77. The van der Waals surface area contributed by atoms with Crippen molar-refractivity contribution in [2.75, 3.05) is 31.1 Å². The molecule has 30 heavy (non-hydrogen) atoms. The Morgan fingerprint density at radius 3 is 2.37 bits per heavy atom. The van der Waals surface area contributed by atoms with Gasteiger partial charge in [0.2, 0.25) is 0 Å². The predicted octanol–water partition coefficient (Wildman–Crippen LogP) is 3.98. The van der Waals surface area contributed by atoms with E-state index in [2.05, 4.69) is 39.8 Å². The summed E-state index contributed by atoms with van der Waals surface area (Å²) in [4.78, 5) is 29.8. The molecule has 0 bridgehead atoms. The van der Waals surface area contributed by atoms with E-state index < -0.39 is 0 Å². The van der Waals surface area contributed by atoms with Gasteiger partial charge in [0.05, 0.1) is 5.69 Å². The fourth-order valence-electron chi connectivity index (χ4n) is 3.19. The van der Waals surface area contributed by atoms with Crippen LogP contribution >= 0.6 is 15.9 Å². The average Bonchev–Trinajstić information content (AvgIpc) is 2.77. The summed E-state index contributed by atoms with van der Waals surface area (Å²) in [7, 11) is 0. The molecule has 156 valence electrons. The molecule has 3 rings (SSSR count). The molecule has 1 amide bonds. The quantitative estimate of drug-likeness (QED) is 0.501. The van der Waals surface area contributed by atoms with Gasteiger partial charge in [-0.25, -0.2) is 0 Å². The van der Waals surface area contributed by atoms with Crippen LogP contribution in [0.5, 0.6) is 0 Å². The largest absolute Gasteiger partial charge is 0.306 e. The number of hydrogen-bond acceptors (Lipinski definition) is 4. The van der Waals surface area contributed by atoms with E-state index in [1.807, 2.05) is 42.5 Å². The van der Waals surface area contributed by atoms with E-state index in [1.165, 1.54) is 16.8 Å². The van der Waals surface area contributed by atoms with Gasteiger partial charge < -0.3 is 9.80 Å². The number of likely N-dealkylation sites (N-methyl/N-ethyl adjacent to an activating group) is 1. The molecule has 7 heteroatoms. The second kappa shape index (κ2) is 10.3. The standard InChI is InChI=1S/C23H25BrN4O2/c1-3-26(4-2)15-16-27(20-12-8-9-18(24)17-20)23(30)21-13-14-22(29)28(25-21)19-10-6-5-7-11-19/h5-14,17H,3-4,15-16H2,1-2H3. The van der Waals surface area contributed by atoms with Crippen LogP contribution in [0.25, 0.3) is 5.69 Å². The van der Waals surface area contributed by atoms with E-state index >= 15 is 0 Å². The van der Waals surface area contributed by atoms with E-state index in [4.69, 9.17) is 0 Å².